The van der Waals surface area contributed by atoms with E-state index in [1.807, 2.05) is 58.6 Å². The standard InChI is InChI=1S/C27H25Cl4N3O3.ClH.H2O/c1-36-23-4-2-3-22(14-23)32-25(35)15-33-11-12-34(17-33)27(31)26(18-5-8-20(28)9-6-18)37-16-19-7-10-21(29)13-24(19)30;;/h2-14,26-27H,15-17H2,1H3,(H,32,35);1H;1H2. The summed E-state index contributed by atoms with van der Waals surface area (Å²) in [6, 6.07) is 19.8. The molecule has 0 fully saturated rings. The molecule has 1 heterocycles. The van der Waals surface area contributed by atoms with Crippen LogP contribution in [0.5, 0.6) is 5.75 Å². The first-order chi connectivity index (χ1) is 17.8. The lowest BCUT2D eigenvalue weighted by molar-refractivity contribution is -0.117. The highest BCUT2D eigenvalue weighted by Gasteiger charge is 2.30. The molecule has 0 saturated heterocycles. The summed E-state index contributed by atoms with van der Waals surface area (Å²) in [6.45, 7) is 0.798. The van der Waals surface area contributed by atoms with Crippen LogP contribution in [0, 0.1) is 0 Å². The smallest absolute Gasteiger partial charge is 0.243 e. The second-order valence-electron chi connectivity index (χ2n) is 8.37. The first kappa shape index (κ1) is 32.8. The average molecular weight is 636 g/mol. The van der Waals surface area contributed by atoms with Gasteiger partial charge in [-0.2, -0.15) is 0 Å². The van der Waals surface area contributed by atoms with Crippen molar-refractivity contribution < 1.29 is 19.7 Å². The van der Waals surface area contributed by atoms with E-state index in [9.17, 15) is 4.79 Å². The zero-order valence-electron chi connectivity index (χ0n) is 20.8. The third-order valence-corrected chi connectivity index (χ3v) is 7.03. The summed E-state index contributed by atoms with van der Waals surface area (Å²) in [5, 5.41) is 4.57. The van der Waals surface area contributed by atoms with Crippen molar-refractivity contribution in [3.63, 3.8) is 0 Å². The predicted molar refractivity (Wildman–Crippen MR) is 160 cm³/mol. The molecule has 0 spiro atoms. The Morgan fingerprint density at radius 1 is 1.00 bits per heavy atom. The van der Waals surface area contributed by atoms with Gasteiger partial charge < -0.3 is 30.1 Å². The van der Waals surface area contributed by atoms with Gasteiger partial charge in [-0.1, -0.05) is 70.7 Å². The molecule has 0 aliphatic carbocycles. The lowest BCUT2D eigenvalue weighted by Gasteiger charge is -2.31. The first-order valence-corrected chi connectivity index (χ1v) is 13.0. The number of benzene rings is 3. The number of amides is 1. The van der Waals surface area contributed by atoms with E-state index in [0.29, 0.717) is 33.2 Å². The van der Waals surface area contributed by atoms with E-state index in [4.69, 9.17) is 55.9 Å². The lowest BCUT2D eigenvalue weighted by Crippen LogP contribution is -2.38. The number of alkyl halides is 1. The maximum absolute atomic E-state index is 12.6. The minimum atomic E-state index is -0.574. The summed E-state index contributed by atoms with van der Waals surface area (Å²) in [4.78, 5) is 16.4. The molecule has 12 heteroatoms. The summed E-state index contributed by atoms with van der Waals surface area (Å²) in [5.41, 5.74) is 1.74. The molecule has 3 aromatic carbocycles. The Hall–Kier alpha value is -2.36. The van der Waals surface area contributed by atoms with Crippen LogP contribution in [0.2, 0.25) is 15.1 Å². The molecule has 210 valence electrons. The molecule has 3 aromatic rings. The number of methoxy groups -OCH3 is 1. The minimum absolute atomic E-state index is 0. The van der Waals surface area contributed by atoms with Gasteiger partial charge in [0, 0.05) is 39.2 Å². The summed E-state index contributed by atoms with van der Waals surface area (Å²) in [5.74, 6) is 0.511. The maximum Gasteiger partial charge on any atom is 0.243 e. The molecule has 1 aliphatic rings. The fraction of sp³-hybridized carbons (Fsp3) is 0.222. The average Bonchev–Trinajstić information content (AvgIpc) is 3.34. The molecule has 1 amide bonds. The molecule has 0 bridgehead atoms. The second kappa shape index (κ2) is 15.4. The van der Waals surface area contributed by atoms with Crippen molar-refractivity contribution in [3.8, 4) is 5.75 Å². The fourth-order valence-electron chi connectivity index (χ4n) is 3.81. The Balaban J connectivity index is 0.00000267. The number of hydrogen-bond donors (Lipinski definition) is 1. The maximum atomic E-state index is 12.6. The Bertz CT molecular complexity index is 1260. The number of carbonyl (C=O) groups is 1. The number of nitrogens with zero attached hydrogens (tertiary/aromatic N) is 2. The Morgan fingerprint density at radius 3 is 2.41 bits per heavy atom. The Labute approximate surface area is 253 Å². The van der Waals surface area contributed by atoms with Crippen LogP contribution >= 0.6 is 58.8 Å². The van der Waals surface area contributed by atoms with Crippen molar-refractivity contribution in [3.05, 3.63) is 105 Å². The molecule has 39 heavy (non-hydrogen) atoms. The zero-order chi connectivity index (χ0) is 26.4. The van der Waals surface area contributed by atoms with E-state index in [-0.39, 0.29) is 36.9 Å². The molecular formula is C27H28Cl5N3O4. The number of nitrogens with one attached hydrogen (secondary N) is 1. The molecule has 4 rings (SSSR count). The van der Waals surface area contributed by atoms with Crippen molar-refractivity contribution in [2.45, 2.75) is 18.2 Å². The van der Waals surface area contributed by atoms with Gasteiger partial charge in [-0.15, -0.1) is 12.4 Å². The van der Waals surface area contributed by atoms with E-state index in [0.717, 1.165) is 11.1 Å². The van der Waals surface area contributed by atoms with Gasteiger partial charge >= 0.3 is 0 Å². The largest absolute Gasteiger partial charge is 0.497 e. The molecule has 2 unspecified atom stereocenters. The zero-order valence-corrected chi connectivity index (χ0v) is 24.7. The van der Waals surface area contributed by atoms with Crippen LogP contribution in [0.15, 0.2) is 79.1 Å². The van der Waals surface area contributed by atoms with Crippen LogP contribution in [0.25, 0.3) is 0 Å². The predicted octanol–water partition coefficient (Wildman–Crippen LogP) is 6.76. The molecule has 0 aromatic heterocycles. The number of hydrogen-bond acceptors (Lipinski definition) is 5. The van der Waals surface area contributed by atoms with Crippen LogP contribution < -0.4 is 10.1 Å². The van der Waals surface area contributed by atoms with Crippen molar-refractivity contribution >= 4 is 70.4 Å². The number of rotatable bonds is 10. The SMILES string of the molecule is COc1cccc(NC(=O)CN2C=CN(C(Cl)C(OCc3ccc(Cl)cc3Cl)c3ccc(Cl)cc3)C2)c1.Cl.O. The quantitative estimate of drug-likeness (QED) is 0.197. The number of ether oxygens (including phenoxy) is 2. The van der Waals surface area contributed by atoms with Gasteiger partial charge in [0.1, 0.15) is 17.4 Å². The summed E-state index contributed by atoms with van der Waals surface area (Å²) >= 11 is 25.4. The second-order valence-corrected chi connectivity index (χ2v) is 10.1. The van der Waals surface area contributed by atoms with E-state index < -0.39 is 11.6 Å². The van der Waals surface area contributed by atoms with Gasteiger partial charge in [-0.05, 0) is 47.5 Å². The highest BCUT2D eigenvalue weighted by atomic mass is 35.5. The lowest BCUT2D eigenvalue weighted by atomic mass is 10.1. The normalized spacial score (nSPS) is 13.8. The van der Waals surface area contributed by atoms with Gasteiger partial charge in [0.25, 0.3) is 0 Å². The Kier molecular flexibility index (Phi) is 13.0. The summed E-state index contributed by atoms with van der Waals surface area (Å²) in [6.07, 6.45) is 3.16. The third kappa shape index (κ3) is 9.08. The van der Waals surface area contributed by atoms with E-state index in [2.05, 4.69) is 5.32 Å². The monoisotopic (exact) mass is 633 g/mol. The van der Waals surface area contributed by atoms with Crippen LogP contribution in [0.4, 0.5) is 5.69 Å². The highest BCUT2D eigenvalue weighted by Crippen LogP contribution is 2.33. The topological polar surface area (TPSA) is 85.5 Å². The van der Waals surface area contributed by atoms with Gasteiger partial charge in [0.05, 0.1) is 26.9 Å². The van der Waals surface area contributed by atoms with E-state index in [1.165, 1.54) is 0 Å². The molecule has 1 aliphatic heterocycles. The van der Waals surface area contributed by atoms with Crippen LogP contribution in [0.3, 0.4) is 0 Å². The molecule has 3 N–H and O–H groups in total. The minimum Gasteiger partial charge on any atom is -0.497 e. The van der Waals surface area contributed by atoms with Crippen molar-refractivity contribution in [1.82, 2.24) is 9.80 Å². The third-order valence-electron chi connectivity index (χ3n) is 5.71. The molecule has 7 nitrogen and oxygen atoms in total. The van der Waals surface area contributed by atoms with E-state index in [1.54, 1.807) is 37.4 Å². The van der Waals surface area contributed by atoms with Crippen molar-refractivity contribution in [1.29, 1.82) is 0 Å². The molecule has 0 radical (unpaired) electrons. The Morgan fingerprint density at radius 2 is 1.72 bits per heavy atom. The molecule has 2 atom stereocenters. The van der Waals surface area contributed by atoms with Crippen LogP contribution in [-0.2, 0) is 16.1 Å². The van der Waals surface area contributed by atoms with Crippen molar-refractivity contribution in [2.75, 3.05) is 25.6 Å². The molecular weight excluding hydrogens is 608 g/mol. The van der Waals surface area contributed by atoms with Crippen LogP contribution in [0.1, 0.15) is 17.2 Å². The summed E-state index contributed by atoms with van der Waals surface area (Å²) < 4.78 is 11.5. The number of halogens is 5. The van der Waals surface area contributed by atoms with E-state index >= 15 is 0 Å². The van der Waals surface area contributed by atoms with Crippen molar-refractivity contribution in [2.24, 2.45) is 0 Å². The number of anilines is 1. The van der Waals surface area contributed by atoms with Gasteiger partial charge in [-0.3, -0.25) is 4.79 Å². The van der Waals surface area contributed by atoms with Crippen LogP contribution in [-0.4, -0.2) is 47.0 Å². The van der Waals surface area contributed by atoms with Gasteiger partial charge in [0.15, 0.2) is 0 Å². The highest BCUT2D eigenvalue weighted by molar-refractivity contribution is 6.35. The first-order valence-electron chi connectivity index (χ1n) is 11.4. The number of carbonyl (C=O) groups excluding carboxylic acids is 1. The summed E-state index contributed by atoms with van der Waals surface area (Å²) in [7, 11) is 1.58. The van der Waals surface area contributed by atoms with Gasteiger partial charge in [0.2, 0.25) is 5.91 Å². The van der Waals surface area contributed by atoms with Gasteiger partial charge in [-0.25, -0.2) is 0 Å². The molecule has 0 saturated carbocycles. The fourth-order valence-corrected chi connectivity index (χ4v) is 4.75.